The molecule has 0 aliphatic rings. The first-order valence-corrected chi connectivity index (χ1v) is 12.7. The Labute approximate surface area is 193 Å². The second-order valence-electron chi connectivity index (χ2n) is 6.98. The van der Waals surface area contributed by atoms with E-state index in [-0.39, 0.29) is 17.3 Å². The lowest BCUT2D eigenvalue weighted by Crippen LogP contribution is -2.27. The van der Waals surface area contributed by atoms with Crippen LogP contribution in [0.5, 0.6) is 5.75 Å². The molecule has 0 aliphatic carbocycles. The number of hydrogen-bond donors (Lipinski definition) is 1. The first-order valence-electron chi connectivity index (χ1n) is 10.1. The van der Waals surface area contributed by atoms with Crippen molar-refractivity contribution in [1.29, 1.82) is 0 Å². The van der Waals surface area contributed by atoms with Crippen LogP contribution >= 0.6 is 11.8 Å². The van der Waals surface area contributed by atoms with Gasteiger partial charge in [-0.05, 0) is 55.6 Å². The monoisotopic (exact) mass is 470 g/mol. The van der Waals surface area contributed by atoms with Crippen LogP contribution in [0.15, 0.2) is 82.6 Å². The van der Waals surface area contributed by atoms with E-state index >= 15 is 0 Å². The molecule has 168 valence electrons. The van der Waals surface area contributed by atoms with Crippen LogP contribution in [-0.4, -0.2) is 38.5 Å². The lowest BCUT2D eigenvalue weighted by Gasteiger charge is -2.20. The van der Waals surface area contributed by atoms with Crippen molar-refractivity contribution < 1.29 is 17.9 Å². The standard InChI is InChI=1S/C24H26N2O4S2/c1-4-30-22-15-14-18(24(27)25-21-12-8-9-13-23(21)31-3)16-19(22)17-26(2)32(28,29)20-10-6-5-7-11-20/h5-16H,4,17H2,1-3H3,(H,25,27). The smallest absolute Gasteiger partial charge is 0.255 e. The van der Waals surface area contributed by atoms with Gasteiger partial charge in [0.25, 0.3) is 5.91 Å². The zero-order valence-corrected chi connectivity index (χ0v) is 19.9. The maximum Gasteiger partial charge on any atom is 0.255 e. The Morgan fingerprint density at radius 2 is 1.72 bits per heavy atom. The normalized spacial score (nSPS) is 11.4. The number of para-hydroxylation sites is 1. The molecule has 3 aromatic carbocycles. The topological polar surface area (TPSA) is 75.7 Å². The summed E-state index contributed by atoms with van der Waals surface area (Å²) in [4.78, 5) is 14.1. The van der Waals surface area contributed by atoms with Crippen LogP contribution in [0.1, 0.15) is 22.8 Å². The highest BCUT2D eigenvalue weighted by atomic mass is 32.2. The van der Waals surface area contributed by atoms with Crippen LogP contribution in [0.4, 0.5) is 5.69 Å². The van der Waals surface area contributed by atoms with Crippen molar-refractivity contribution >= 4 is 33.4 Å². The summed E-state index contributed by atoms with van der Waals surface area (Å²) < 4.78 is 32.8. The van der Waals surface area contributed by atoms with Gasteiger partial charge in [0.05, 0.1) is 17.2 Å². The highest BCUT2D eigenvalue weighted by molar-refractivity contribution is 7.98. The molecule has 0 radical (unpaired) electrons. The number of carbonyl (C=O) groups is 1. The summed E-state index contributed by atoms with van der Waals surface area (Å²) in [5.41, 5.74) is 1.76. The van der Waals surface area contributed by atoms with Gasteiger partial charge in [0.1, 0.15) is 5.75 Å². The fraction of sp³-hybridized carbons (Fsp3) is 0.208. The molecule has 3 rings (SSSR count). The molecule has 1 N–H and O–H groups in total. The molecule has 1 amide bonds. The molecule has 0 bridgehead atoms. The second kappa shape index (κ2) is 10.7. The largest absolute Gasteiger partial charge is 0.494 e. The molecular formula is C24H26N2O4S2. The molecule has 0 aromatic heterocycles. The van der Waals surface area contributed by atoms with Crippen LogP contribution < -0.4 is 10.1 Å². The van der Waals surface area contributed by atoms with Gasteiger partial charge >= 0.3 is 0 Å². The third-order valence-corrected chi connectivity index (χ3v) is 7.44. The molecule has 8 heteroatoms. The van der Waals surface area contributed by atoms with Gasteiger partial charge in [-0.15, -0.1) is 11.8 Å². The van der Waals surface area contributed by atoms with Crippen LogP contribution in [0.3, 0.4) is 0 Å². The van der Waals surface area contributed by atoms with Gasteiger partial charge in [-0.25, -0.2) is 8.42 Å². The van der Waals surface area contributed by atoms with Crippen molar-refractivity contribution in [3.8, 4) is 5.75 Å². The van der Waals surface area contributed by atoms with Gasteiger partial charge in [-0.2, -0.15) is 4.31 Å². The molecule has 0 saturated heterocycles. The SMILES string of the molecule is CCOc1ccc(C(=O)Nc2ccccc2SC)cc1CN(C)S(=O)(=O)c1ccccc1. The van der Waals surface area contributed by atoms with Gasteiger partial charge in [0.2, 0.25) is 10.0 Å². The Balaban J connectivity index is 1.88. The summed E-state index contributed by atoms with van der Waals surface area (Å²) in [6, 6.07) is 20.9. The lowest BCUT2D eigenvalue weighted by molar-refractivity contribution is 0.102. The Morgan fingerprint density at radius 3 is 2.41 bits per heavy atom. The van der Waals surface area contributed by atoms with E-state index in [0.29, 0.717) is 23.5 Å². The highest BCUT2D eigenvalue weighted by Gasteiger charge is 2.22. The third kappa shape index (κ3) is 5.51. The molecule has 0 aliphatic heterocycles. The summed E-state index contributed by atoms with van der Waals surface area (Å²) in [6.45, 7) is 2.35. The zero-order valence-electron chi connectivity index (χ0n) is 18.2. The molecule has 0 saturated carbocycles. The summed E-state index contributed by atoms with van der Waals surface area (Å²) >= 11 is 1.55. The number of nitrogens with one attached hydrogen (secondary N) is 1. The summed E-state index contributed by atoms with van der Waals surface area (Å²) in [6.07, 6.45) is 1.95. The minimum atomic E-state index is -3.69. The molecular weight excluding hydrogens is 444 g/mol. The lowest BCUT2D eigenvalue weighted by atomic mass is 10.1. The van der Waals surface area contributed by atoms with Crippen LogP contribution in [0.2, 0.25) is 0 Å². The van der Waals surface area contributed by atoms with Crippen LogP contribution in [-0.2, 0) is 16.6 Å². The highest BCUT2D eigenvalue weighted by Crippen LogP contribution is 2.27. The summed E-state index contributed by atoms with van der Waals surface area (Å²) in [5, 5.41) is 2.93. The number of rotatable bonds is 9. The van der Waals surface area contributed by atoms with Crippen molar-refractivity contribution in [3.63, 3.8) is 0 Å². The average Bonchev–Trinajstić information content (AvgIpc) is 2.81. The number of thioether (sulfide) groups is 1. The van der Waals surface area contributed by atoms with E-state index in [1.165, 1.54) is 11.4 Å². The fourth-order valence-corrected chi connectivity index (χ4v) is 4.90. The van der Waals surface area contributed by atoms with Gasteiger partial charge in [0, 0.05) is 29.6 Å². The maximum atomic E-state index is 12.9. The Morgan fingerprint density at radius 1 is 1.03 bits per heavy atom. The zero-order chi connectivity index (χ0) is 23.1. The Hall–Kier alpha value is -2.81. The molecule has 6 nitrogen and oxygen atoms in total. The number of ether oxygens (including phenoxy) is 1. The van der Waals surface area contributed by atoms with E-state index < -0.39 is 10.0 Å². The van der Waals surface area contributed by atoms with Gasteiger partial charge in [-0.3, -0.25) is 4.79 Å². The molecule has 0 spiro atoms. The van der Waals surface area contributed by atoms with Gasteiger partial charge in [0.15, 0.2) is 0 Å². The predicted molar refractivity (Wildman–Crippen MR) is 129 cm³/mol. The Bertz CT molecular complexity index is 1180. The van der Waals surface area contributed by atoms with Crippen molar-refractivity contribution in [2.75, 3.05) is 25.2 Å². The molecule has 0 heterocycles. The second-order valence-corrected chi connectivity index (χ2v) is 9.88. The maximum absolute atomic E-state index is 12.9. The van der Waals surface area contributed by atoms with Crippen molar-refractivity contribution in [2.45, 2.75) is 23.3 Å². The van der Waals surface area contributed by atoms with E-state index in [9.17, 15) is 13.2 Å². The third-order valence-electron chi connectivity index (χ3n) is 4.82. The number of sulfonamides is 1. The quantitative estimate of drug-likeness (QED) is 0.451. The molecule has 32 heavy (non-hydrogen) atoms. The summed E-state index contributed by atoms with van der Waals surface area (Å²) in [7, 11) is -2.17. The number of hydrogen-bond acceptors (Lipinski definition) is 5. The van der Waals surface area contributed by atoms with E-state index in [1.54, 1.807) is 60.3 Å². The number of nitrogens with zero attached hydrogens (tertiary/aromatic N) is 1. The number of carbonyl (C=O) groups excluding carboxylic acids is 1. The van der Waals surface area contributed by atoms with Gasteiger partial charge < -0.3 is 10.1 Å². The van der Waals surface area contributed by atoms with Gasteiger partial charge in [-0.1, -0.05) is 30.3 Å². The molecule has 0 fully saturated rings. The fourth-order valence-electron chi connectivity index (χ4n) is 3.18. The van der Waals surface area contributed by atoms with Crippen LogP contribution in [0.25, 0.3) is 0 Å². The van der Waals surface area contributed by atoms with E-state index in [1.807, 2.05) is 37.4 Å². The minimum absolute atomic E-state index is 0.0646. The van der Waals surface area contributed by atoms with E-state index in [2.05, 4.69) is 5.32 Å². The van der Waals surface area contributed by atoms with Crippen LogP contribution in [0, 0.1) is 0 Å². The first kappa shape index (κ1) is 23.8. The molecule has 3 aromatic rings. The number of benzene rings is 3. The first-order chi connectivity index (χ1) is 15.4. The number of amides is 1. The van der Waals surface area contributed by atoms with Crippen molar-refractivity contribution in [2.24, 2.45) is 0 Å². The summed E-state index contributed by atoms with van der Waals surface area (Å²) in [5.74, 6) is 0.271. The van der Waals surface area contributed by atoms with Crippen molar-refractivity contribution in [1.82, 2.24) is 4.31 Å². The van der Waals surface area contributed by atoms with Crippen molar-refractivity contribution in [3.05, 3.63) is 83.9 Å². The molecule has 0 atom stereocenters. The minimum Gasteiger partial charge on any atom is -0.494 e. The van der Waals surface area contributed by atoms with E-state index in [0.717, 1.165) is 10.6 Å². The number of anilines is 1. The van der Waals surface area contributed by atoms with E-state index in [4.69, 9.17) is 4.74 Å². The molecule has 0 unspecified atom stereocenters. The average molecular weight is 471 g/mol. The predicted octanol–water partition coefficient (Wildman–Crippen LogP) is 4.88. The Kier molecular flexibility index (Phi) is 7.95.